The molecule has 1 fully saturated rings. The van der Waals surface area contributed by atoms with Crippen LogP contribution in [-0.2, 0) is 7.05 Å². The molecule has 0 amide bonds. The number of anilines is 2. The van der Waals surface area contributed by atoms with Gasteiger partial charge in [-0.05, 0) is 31.0 Å². The summed E-state index contributed by atoms with van der Waals surface area (Å²) in [4.78, 5) is 17.6. The number of piperazine rings is 1. The van der Waals surface area contributed by atoms with Crippen molar-refractivity contribution < 1.29 is 5.11 Å². The van der Waals surface area contributed by atoms with Gasteiger partial charge < -0.3 is 19.9 Å². The summed E-state index contributed by atoms with van der Waals surface area (Å²) >= 11 is 0. The maximum Gasteiger partial charge on any atom is 0.165 e. The number of aromatic nitrogens is 4. The molecule has 0 spiro atoms. The molecule has 154 valence electrons. The van der Waals surface area contributed by atoms with Gasteiger partial charge in [-0.3, -0.25) is 4.90 Å². The van der Waals surface area contributed by atoms with Crippen molar-refractivity contribution in [3.63, 3.8) is 0 Å². The molecule has 1 saturated heterocycles. The van der Waals surface area contributed by atoms with Crippen LogP contribution < -0.4 is 10.2 Å². The van der Waals surface area contributed by atoms with Crippen molar-refractivity contribution in [1.82, 2.24) is 24.4 Å². The number of aryl methyl sites for hydroxylation is 2. The molecule has 2 N–H and O–H groups in total. The minimum atomic E-state index is -0.476. The fraction of sp³-hybridized carbons (Fsp3) is 0.476. The monoisotopic (exact) mass is 395 g/mol. The molecule has 8 heteroatoms. The summed E-state index contributed by atoms with van der Waals surface area (Å²) in [7, 11) is 1.90. The molecule has 3 heterocycles. The Morgan fingerprint density at radius 2 is 1.90 bits per heavy atom. The highest BCUT2D eigenvalue weighted by molar-refractivity contribution is 5.82. The quantitative estimate of drug-likeness (QED) is 0.656. The lowest BCUT2D eigenvalue weighted by Gasteiger charge is -2.37. The molecule has 2 aromatic heterocycles. The molecule has 4 rings (SSSR count). The van der Waals surface area contributed by atoms with Crippen molar-refractivity contribution in [2.24, 2.45) is 7.05 Å². The predicted octanol–water partition coefficient (Wildman–Crippen LogP) is 1.58. The van der Waals surface area contributed by atoms with Crippen molar-refractivity contribution >= 4 is 22.7 Å². The number of hydrogen-bond donors (Lipinski definition) is 2. The molecule has 1 atom stereocenters. The average Bonchev–Trinajstić information content (AvgIpc) is 3.11. The van der Waals surface area contributed by atoms with E-state index in [0.717, 1.165) is 37.3 Å². The van der Waals surface area contributed by atoms with Crippen LogP contribution in [0.15, 0.2) is 30.9 Å². The molecule has 1 aliphatic rings. The predicted molar refractivity (Wildman–Crippen MR) is 115 cm³/mol. The number of aliphatic hydroxyl groups excluding tert-OH is 1. The molecule has 0 radical (unpaired) electrons. The van der Waals surface area contributed by atoms with Crippen LogP contribution in [0.2, 0.25) is 0 Å². The van der Waals surface area contributed by atoms with Gasteiger partial charge in [0.25, 0.3) is 0 Å². The zero-order valence-corrected chi connectivity index (χ0v) is 17.3. The Hall–Kier alpha value is -2.71. The van der Waals surface area contributed by atoms with Crippen molar-refractivity contribution in [2.75, 3.05) is 49.5 Å². The van der Waals surface area contributed by atoms with Crippen molar-refractivity contribution in [3.05, 3.63) is 42.0 Å². The first-order valence-electron chi connectivity index (χ1n) is 10.1. The topological polar surface area (TPSA) is 82.3 Å². The molecule has 8 nitrogen and oxygen atoms in total. The Morgan fingerprint density at radius 3 is 2.69 bits per heavy atom. The Balaban J connectivity index is 1.29. The molecule has 0 saturated carbocycles. The second-order valence-corrected chi connectivity index (χ2v) is 7.79. The van der Waals surface area contributed by atoms with E-state index in [-0.39, 0.29) is 0 Å². The van der Waals surface area contributed by atoms with E-state index in [9.17, 15) is 5.11 Å². The molecular formula is C21H29N7O. The zero-order chi connectivity index (χ0) is 20.4. The van der Waals surface area contributed by atoms with Crippen LogP contribution in [0.3, 0.4) is 0 Å². The number of hydrogen-bond acceptors (Lipinski definition) is 7. The third-order valence-corrected chi connectivity index (χ3v) is 5.76. The van der Waals surface area contributed by atoms with Crippen LogP contribution in [0.4, 0.5) is 11.5 Å². The first-order chi connectivity index (χ1) is 14.0. The summed E-state index contributed by atoms with van der Waals surface area (Å²) < 4.78 is 1.86. The van der Waals surface area contributed by atoms with Crippen LogP contribution >= 0.6 is 0 Å². The van der Waals surface area contributed by atoms with E-state index in [1.807, 2.05) is 11.6 Å². The highest BCUT2D eigenvalue weighted by atomic mass is 16.3. The van der Waals surface area contributed by atoms with Crippen molar-refractivity contribution in [2.45, 2.75) is 20.0 Å². The second kappa shape index (κ2) is 8.34. The van der Waals surface area contributed by atoms with Crippen LogP contribution in [0.25, 0.3) is 11.2 Å². The summed E-state index contributed by atoms with van der Waals surface area (Å²) in [6.07, 6.45) is 2.76. The smallest absolute Gasteiger partial charge is 0.165 e. The molecule has 0 aliphatic carbocycles. The van der Waals surface area contributed by atoms with E-state index in [2.05, 4.69) is 62.1 Å². The van der Waals surface area contributed by atoms with Gasteiger partial charge in [-0.25, -0.2) is 15.0 Å². The first kappa shape index (κ1) is 19.6. The SMILES string of the molecule is Cc1cccc(N2CCN(CC(O)CNc3ncnc4c3ncn4C)CC2)c1C. The van der Waals surface area contributed by atoms with Crippen LogP contribution in [0, 0.1) is 13.8 Å². The second-order valence-electron chi connectivity index (χ2n) is 7.79. The van der Waals surface area contributed by atoms with Gasteiger partial charge in [0.15, 0.2) is 11.5 Å². The first-order valence-corrected chi connectivity index (χ1v) is 10.1. The molecule has 1 unspecified atom stereocenters. The van der Waals surface area contributed by atoms with E-state index in [4.69, 9.17) is 0 Å². The summed E-state index contributed by atoms with van der Waals surface area (Å²) in [6, 6.07) is 6.50. The van der Waals surface area contributed by atoms with Crippen LogP contribution in [0.1, 0.15) is 11.1 Å². The fourth-order valence-corrected chi connectivity index (χ4v) is 3.90. The van der Waals surface area contributed by atoms with Crippen LogP contribution in [-0.4, -0.2) is 74.9 Å². The van der Waals surface area contributed by atoms with Gasteiger partial charge in [0.2, 0.25) is 0 Å². The maximum atomic E-state index is 10.5. The summed E-state index contributed by atoms with van der Waals surface area (Å²) in [5, 5.41) is 13.7. The Kier molecular flexibility index (Phi) is 5.64. The van der Waals surface area contributed by atoms with Crippen LogP contribution in [0.5, 0.6) is 0 Å². The molecule has 0 bridgehead atoms. The van der Waals surface area contributed by atoms with Gasteiger partial charge in [0.1, 0.15) is 11.8 Å². The third-order valence-electron chi connectivity index (χ3n) is 5.76. The molecule has 3 aromatic rings. The molecule has 1 aliphatic heterocycles. The Morgan fingerprint density at radius 1 is 1.10 bits per heavy atom. The molecular weight excluding hydrogens is 366 g/mol. The fourth-order valence-electron chi connectivity index (χ4n) is 3.90. The number of nitrogens with zero attached hydrogens (tertiary/aromatic N) is 6. The number of nitrogens with one attached hydrogen (secondary N) is 1. The summed E-state index contributed by atoms with van der Waals surface area (Å²) in [5.74, 6) is 0.661. The highest BCUT2D eigenvalue weighted by Crippen LogP contribution is 2.24. The van der Waals surface area contributed by atoms with E-state index in [1.54, 1.807) is 6.33 Å². The van der Waals surface area contributed by atoms with Gasteiger partial charge in [0.05, 0.1) is 12.4 Å². The van der Waals surface area contributed by atoms with Gasteiger partial charge in [-0.15, -0.1) is 0 Å². The lowest BCUT2D eigenvalue weighted by molar-refractivity contribution is 0.118. The Bertz CT molecular complexity index is 978. The largest absolute Gasteiger partial charge is 0.390 e. The van der Waals surface area contributed by atoms with E-state index in [1.165, 1.54) is 23.1 Å². The van der Waals surface area contributed by atoms with Gasteiger partial charge >= 0.3 is 0 Å². The highest BCUT2D eigenvalue weighted by Gasteiger charge is 2.21. The normalized spacial score (nSPS) is 16.3. The van der Waals surface area contributed by atoms with E-state index >= 15 is 0 Å². The van der Waals surface area contributed by atoms with Gasteiger partial charge in [0, 0.05) is 52.0 Å². The van der Waals surface area contributed by atoms with Crippen molar-refractivity contribution in [1.29, 1.82) is 0 Å². The standard InChI is InChI=1S/C21H29N7O/c1-15-5-4-6-18(16(15)2)28-9-7-27(8-10-28)12-17(29)11-22-20-19-21(24-13-23-20)26(3)14-25-19/h4-6,13-14,17,29H,7-12H2,1-3H3,(H,22,23,24). The number of rotatable bonds is 6. The van der Waals surface area contributed by atoms with E-state index < -0.39 is 6.10 Å². The van der Waals surface area contributed by atoms with E-state index in [0.29, 0.717) is 18.9 Å². The lowest BCUT2D eigenvalue weighted by Crippen LogP contribution is -2.49. The number of benzene rings is 1. The minimum Gasteiger partial charge on any atom is -0.390 e. The molecule has 1 aromatic carbocycles. The maximum absolute atomic E-state index is 10.5. The lowest BCUT2D eigenvalue weighted by atomic mass is 10.1. The van der Waals surface area contributed by atoms with Gasteiger partial charge in [-0.1, -0.05) is 12.1 Å². The number of aliphatic hydroxyl groups is 1. The number of fused-ring (bicyclic) bond motifs is 1. The van der Waals surface area contributed by atoms with Crippen molar-refractivity contribution in [3.8, 4) is 0 Å². The Labute approximate surface area is 171 Å². The number of imidazole rings is 1. The number of β-amino-alcohol motifs (C(OH)–C–C–N with tert-alkyl or cyclic N) is 1. The summed E-state index contributed by atoms with van der Waals surface area (Å²) in [5.41, 5.74) is 5.52. The van der Waals surface area contributed by atoms with Gasteiger partial charge in [-0.2, -0.15) is 0 Å². The molecule has 29 heavy (non-hydrogen) atoms. The third kappa shape index (κ3) is 4.18. The zero-order valence-electron chi connectivity index (χ0n) is 17.3. The summed E-state index contributed by atoms with van der Waals surface area (Å²) in [6.45, 7) is 9.28. The minimum absolute atomic E-state index is 0.430. The average molecular weight is 396 g/mol.